The average molecular weight is 603 g/mol. The summed E-state index contributed by atoms with van der Waals surface area (Å²) in [4.78, 5) is 55.2. The largest absolute Gasteiger partial charge is 0.451 e. The highest BCUT2D eigenvalue weighted by Crippen LogP contribution is 2.43. The molecule has 3 aromatic rings. The molecule has 0 amide bonds. The molecular weight excluding hydrogens is 585 g/mol. The van der Waals surface area contributed by atoms with Crippen LogP contribution >= 0.6 is 22.6 Å². The van der Waals surface area contributed by atoms with E-state index >= 15 is 0 Å². The van der Waals surface area contributed by atoms with Crippen LogP contribution in [0.2, 0.25) is 0 Å². The Kier molecular flexibility index (Phi) is 7.52. The molecule has 1 aliphatic rings. The number of nitrogens with one attached hydrogen (secondary N) is 1. The number of nitrogens with zero attached hydrogens (tertiary/aromatic N) is 4. The first kappa shape index (κ1) is 25.2. The minimum atomic E-state index is -1.85. The van der Waals surface area contributed by atoms with Crippen molar-refractivity contribution in [3.8, 4) is 0 Å². The molecule has 1 saturated heterocycles. The van der Waals surface area contributed by atoms with E-state index in [1.807, 2.05) is 22.6 Å². The molecule has 12 nitrogen and oxygen atoms in total. The number of H-pyrrole nitrogens is 1. The highest BCUT2D eigenvalue weighted by atomic mass is 127. The lowest BCUT2D eigenvalue weighted by molar-refractivity contribution is -0.0887. The average Bonchev–Trinajstić information content (AvgIpc) is 3.18. The summed E-state index contributed by atoms with van der Waals surface area (Å²) >= 11 is 1.87. The molecule has 0 spiro atoms. The summed E-state index contributed by atoms with van der Waals surface area (Å²) in [7, 11) is 0. The summed E-state index contributed by atoms with van der Waals surface area (Å²) in [6.07, 6.45) is -3.15. The fourth-order valence-electron chi connectivity index (χ4n) is 3.69. The van der Waals surface area contributed by atoms with E-state index in [2.05, 4.69) is 15.0 Å². The van der Waals surface area contributed by atoms with Crippen LogP contribution in [0.25, 0.3) is 10.4 Å². The monoisotopic (exact) mass is 603 g/mol. The molecule has 2 aromatic carbocycles. The number of azide groups is 1. The molecule has 1 aliphatic heterocycles. The lowest BCUT2D eigenvalue weighted by atomic mass is 10.1. The van der Waals surface area contributed by atoms with Gasteiger partial charge < -0.3 is 14.2 Å². The lowest BCUT2D eigenvalue weighted by Gasteiger charge is -2.28. The maximum atomic E-state index is 13.0. The number of hydrogen-bond acceptors (Lipinski definition) is 8. The second kappa shape index (κ2) is 10.8. The van der Waals surface area contributed by atoms with Crippen LogP contribution < -0.4 is 11.2 Å². The van der Waals surface area contributed by atoms with Crippen LogP contribution in [-0.2, 0) is 14.2 Å². The van der Waals surface area contributed by atoms with Gasteiger partial charge in [-0.15, -0.1) is 0 Å². The second-order valence-electron chi connectivity index (χ2n) is 7.62. The molecule has 0 saturated carbocycles. The number of alkyl halides is 1. The van der Waals surface area contributed by atoms with Gasteiger partial charge in [0, 0.05) is 21.6 Å². The van der Waals surface area contributed by atoms with Gasteiger partial charge in [0.15, 0.2) is 24.2 Å². The minimum Gasteiger partial charge on any atom is -0.451 e. The number of hydrogen-bond donors (Lipinski definition) is 1. The summed E-state index contributed by atoms with van der Waals surface area (Å²) in [5.74, 6) is -1.58. The molecule has 1 aromatic heterocycles. The number of esters is 2. The van der Waals surface area contributed by atoms with E-state index in [0.29, 0.717) is 0 Å². The number of halogens is 1. The number of benzene rings is 2. The van der Waals surface area contributed by atoms with Gasteiger partial charge >= 0.3 is 17.6 Å². The number of rotatable bonds is 7. The molecule has 1 fully saturated rings. The van der Waals surface area contributed by atoms with Crippen LogP contribution in [0.4, 0.5) is 0 Å². The summed E-state index contributed by atoms with van der Waals surface area (Å²) in [6.45, 7) is 0. The Hall–Kier alpha value is -3.94. The summed E-state index contributed by atoms with van der Waals surface area (Å²) < 4.78 is 18.4. The van der Waals surface area contributed by atoms with Gasteiger partial charge in [-0.3, -0.25) is 14.3 Å². The fourth-order valence-corrected chi connectivity index (χ4v) is 4.45. The first-order valence-electron chi connectivity index (χ1n) is 10.5. The van der Waals surface area contributed by atoms with Gasteiger partial charge in [0.05, 0.1) is 11.1 Å². The normalized spacial score (nSPS) is 22.9. The number of carbonyl (C=O) groups excluding carboxylic acids is 2. The smallest absolute Gasteiger partial charge is 0.338 e. The Bertz CT molecular complexity index is 1420. The van der Waals surface area contributed by atoms with Gasteiger partial charge in [-0.25, -0.2) is 14.4 Å². The molecule has 1 N–H and O–H groups in total. The van der Waals surface area contributed by atoms with Gasteiger partial charge in [0.25, 0.3) is 5.56 Å². The van der Waals surface area contributed by atoms with Crippen molar-refractivity contribution in [2.24, 2.45) is 5.11 Å². The third-order valence-corrected chi connectivity index (χ3v) is 6.47. The quantitative estimate of drug-likeness (QED) is 0.108. The summed E-state index contributed by atoms with van der Waals surface area (Å²) in [6, 6.07) is 17.1. The molecule has 0 aliphatic carbocycles. The van der Waals surface area contributed by atoms with E-state index in [1.54, 1.807) is 36.4 Å². The highest BCUT2D eigenvalue weighted by molar-refractivity contribution is 14.1. The molecule has 0 bridgehead atoms. The maximum Gasteiger partial charge on any atom is 0.338 e. The van der Waals surface area contributed by atoms with Crippen molar-refractivity contribution in [2.45, 2.75) is 24.2 Å². The van der Waals surface area contributed by atoms with Crippen molar-refractivity contribution >= 4 is 34.5 Å². The van der Waals surface area contributed by atoms with E-state index in [-0.39, 0.29) is 15.6 Å². The van der Waals surface area contributed by atoms with E-state index < -0.39 is 47.3 Å². The van der Waals surface area contributed by atoms with Crippen molar-refractivity contribution < 1.29 is 23.8 Å². The Balaban J connectivity index is 1.82. The van der Waals surface area contributed by atoms with Crippen molar-refractivity contribution in [1.82, 2.24) is 9.55 Å². The molecule has 13 heteroatoms. The zero-order chi connectivity index (χ0) is 25.7. The van der Waals surface area contributed by atoms with Crippen molar-refractivity contribution in [2.75, 3.05) is 4.43 Å². The van der Waals surface area contributed by atoms with Crippen molar-refractivity contribution in [3.63, 3.8) is 0 Å². The molecule has 184 valence electrons. The van der Waals surface area contributed by atoms with E-state index in [4.69, 9.17) is 14.2 Å². The van der Waals surface area contributed by atoms with E-state index in [0.717, 1.165) is 16.8 Å². The zero-order valence-corrected chi connectivity index (χ0v) is 20.5. The van der Waals surface area contributed by atoms with Crippen molar-refractivity contribution in [3.05, 3.63) is 115 Å². The number of aromatic nitrogens is 2. The Morgan fingerprint density at radius 1 is 1.03 bits per heavy atom. The molecular formula is C23H18IN5O7. The number of ether oxygens (including phenoxy) is 3. The van der Waals surface area contributed by atoms with Crippen LogP contribution in [0, 0.1) is 0 Å². The SMILES string of the molecule is [N-]=[N+]=N[C@]1(CI)OC(n2ccc(=O)[nH]c2=O)C(OC(=O)c2ccccc2)[C@H]1OC(=O)c1ccccc1. The lowest BCUT2D eigenvalue weighted by Crippen LogP contribution is -2.47. The van der Waals surface area contributed by atoms with Crippen LogP contribution in [0.1, 0.15) is 26.9 Å². The predicted octanol–water partition coefficient (Wildman–Crippen LogP) is 2.96. The van der Waals surface area contributed by atoms with Crippen molar-refractivity contribution in [1.29, 1.82) is 0 Å². The van der Waals surface area contributed by atoms with Gasteiger partial charge in [-0.1, -0.05) is 64.1 Å². The van der Waals surface area contributed by atoms with Gasteiger partial charge in [0.2, 0.25) is 0 Å². The van der Waals surface area contributed by atoms with Crippen LogP contribution in [0.5, 0.6) is 0 Å². The molecule has 2 unspecified atom stereocenters. The third kappa shape index (κ3) is 5.03. The third-order valence-electron chi connectivity index (χ3n) is 5.38. The first-order valence-corrected chi connectivity index (χ1v) is 12.0. The zero-order valence-electron chi connectivity index (χ0n) is 18.4. The topological polar surface area (TPSA) is 165 Å². The predicted molar refractivity (Wildman–Crippen MR) is 133 cm³/mol. The van der Waals surface area contributed by atoms with Gasteiger partial charge in [0.1, 0.15) is 0 Å². The molecule has 4 atom stereocenters. The minimum absolute atomic E-state index is 0.0322. The van der Waals surface area contributed by atoms with E-state index in [1.165, 1.54) is 24.3 Å². The summed E-state index contributed by atoms with van der Waals surface area (Å²) in [5, 5.41) is 3.75. The first-order chi connectivity index (χ1) is 17.4. The van der Waals surface area contributed by atoms with Crippen LogP contribution in [0.3, 0.4) is 0 Å². The molecule has 0 radical (unpaired) electrons. The number of aromatic amines is 1. The maximum absolute atomic E-state index is 13.0. The van der Waals surface area contributed by atoms with Gasteiger partial charge in [-0.2, -0.15) is 0 Å². The van der Waals surface area contributed by atoms with Crippen LogP contribution in [-0.4, -0.2) is 43.9 Å². The van der Waals surface area contributed by atoms with E-state index in [9.17, 15) is 24.7 Å². The summed E-state index contributed by atoms with van der Waals surface area (Å²) in [5.41, 5.74) is 6.31. The molecule has 4 rings (SSSR count). The standard InChI is InChI=1S/C23H18IN5O7/c24-13-23(27-28-25)18(35-21(32)15-9-5-2-6-10-15)17(34-20(31)14-7-3-1-4-8-14)19(36-23)29-12-11-16(30)26-22(29)33/h1-12,17-19H,13H2,(H,26,30,33)/t17?,18-,19?,23-/m1/s1. The Labute approximate surface area is 216 Å². The number of carbonyl (C=O) groups is 2. The molecule has 36 heavy (non-hydrogen) atoms. The highest BCUT2D eigenvalue weighted by Gasteiger charge is 2.60. The second-order valence-corrected chi connectivity index (χ2v) is 8.38. The fraction of sp³-hybridized carbons (Fsp3) is 0.217. The Morgan fingerprint density at radius 2 is 1.61 bits per heavy atom. The van der Waals surface area contributed by atoms with Crippen LogP contribution in [0.15, 0.2) is 87.6 Å². The Morgan fingerprint density at radius 3 is 2.14 bits per heavy atom. The van der Waals surface area contributed by atoms with Gasteiger partial charge in [-0.05, 0) is 29.8 Å². The molecule has 2 heterocycles.